The van der Waals surface area contributed by atoms with Crippen LogP contribution in [0, 0.1) is 18.5 Å². The summed E-state index contributed by atoms with van der Waals surface area (Å²) in [6, 6.07) is 19.6. The van der Waals surface area contributed by atoms with Crippen molar-refractivity contribution < 1.29 is 23.8 Å². The molecule has 4 rings (SSSR count). The summed E-state index contributed by atoms with van der Waals surface area (Å²) in [4.78, 5) is 25.3. The number of para-hydroxylation sites is 1. The van der Waals surface area contributed by atoms with E-state index in [2.05, 4.69) is 72.4 Å². The molecule has 0 aromatic heterocycles. The maximum atomic E-state index is 12.7. The lowest BCUT2D eigenvalue weighted by Crippen LogP contribution is -2.45. The molecule has 0 unspecified atom stereocenters. The Hall–Kier alpha value is -3.75. The summed E-state index contributed by atoms with van der Waals surface area (Å²) < 4.78 is 18.9. The molecular formula is C31H27I2N5O5S. The highest BCUT2D eigenvalue weighted by Crippen LogP contribution is 2.34. The van der Waals surface area contributed by atoms with Crippen LogP contribution in [0.5, 0.6) is 11.5 Å². The van der Waals surface area contributed by atoms with E-state index < -0.39 is 17.9 Å². The number of thiocarbonyl (C=S) groups is 1. The number of nitriles is 1. The number of halogens is 2. The number of amides is 1. The quantitative estimate of drug-likeness (QED) is 0.0781. The minimum atomic E-state index is -0.624. The molecule has 1 aliphatic heterocycles. The Labute approximate surface area is 287 Å². The van der Waals surface area contributed by atoms with Crippen LogP contribution in [0.15, 0.2) is 77.0 Å². The SMILES string of the molecule is CCOC(=O)C1=C(C)NC(=S)N[C@H]1c1ccccc1OCC(=O)NN=Cc1cc(I)c(OCc2ccc(C#N)cc2)c(I)c1. The summed E-state index contributed by atoms with van der Waals surface area (Å²) in [5.74, 6) is 0.205. The van der Waals surface area contributed by atoms with Crippen molar-refractivity contribution in [1.29, 1.82) is 5.26 Å². The minimum absolute atomic E-state index is 0.224. The number of nitrogens with zero attached hydrogens (tertiary/aromatic N) is 2. The Morgan fingerprint density at radius 2 is 1.82 bits per heavy atom. The summed E-state index contributed by atoms with van der Waals surface area (Å²) >= 11 is 9.71. The third-order valence-corrected chi connectivity index (χ3v) is 8.07. The number of carbonyl (C=O) groups excluding carboxylic acids is 2. The van der Waals surface area contributed by atoms with Gasteiger partial charge in [-0.2, -0.15) is 10.4 Å². The monoisotopic (exact) mass is 835 g/mol. The van der Waals surface area contributed by atoms with Gasteiger partial charge in [-0.25, -0.2) is 10.2 Å². The van der Waals surface area contributed by atoms with E-state index in [-0.39, 0.29) is 13.2 Å². The van der Waals surface area contributed by atoms with Crippen molar-refractivity contribution in [2.45, 2.75) is 26.5 Å². The molecule has 0 spiro atoms. The molecule has 0 fully saturated rings. The van der Waals surface area contributed by atoms with Gasteiger partial charge in [-0.1, -0.05) is 30.3 Å². The molecule has 44 heavy (non-hydrogen) atoms. The highest BCUT2D eigenvalue weighted by Gasteiger charge is 2.32. The van der Waals surface area contributed by atoms with E-state index in [9.17, 15) is 9.59 Å². The van der Waals surface area contributed by atoms with E-state index in [0.29, 0.717) is 39.9 Å². The van der Waals surface area contributed by atoms with Gasteiger partial charge < -0.3 is 24.8 Å². The predicted molar refractivity (Wildman–Crippen MR) is 186 cm³/mol. The van der Waals surface area contributed by atoms with E-state index in [1.807, 2.05) is 30.3 Å². The Morgan fingerprint density at radius 1 is 1.11 bits per heavy atom. The van der Waals surface area contributed by atoms with Gasteiger partial charge in [-0.05, 0) is 113 Å². The first-order chi connectivity index (χ1) is 21.2. The number of nitrogens with one attached hydrogen (secondary N) is 3. The molecule has 13 heteroatoms. The number of hydrogen-bond donors (Lipinski definition) is 3. The predicted octanol–water partition coefficient (Wildman–Crippen LogP) is 5.23. The lowest BCUT2D eigenvalue weighted by Gasteiger charge is -2.30. The molecule has 3 N–H and O–H groups in total. The lowest BCUT2D eigenvalue weighted by atomic mass is 9.95. The Balaban J connectivity index is 1.37. The second kappa shape index (κ2) is 15.8. The number of rotatable bonds is 11. The molecule has 1 atom stereocenters. The van der Waals surface area contributed by atoms with Gasteiger partial charge in [0.15, 0.2) is 11.7 Å². The van der Waals surface area contributed by atoms with Crippen molar-refractivity contribution in [3.8, 4) is 17.6 Å². The number of carbonyl (C=O) groups is 2. The average molecular weight is 835 g/mol. The van der Waals surface area contributed by atoms with Crippen molar-refractivity contribution in [1.82, 2.24) is 16.1 Å². The van der Waals surface area contributed by atoms with Crippen LogP contribution < -0.4 is 25.5 Å². The van der Waals surface area contributed by atoms with Crippen LogP contribution in [-0.4, -0.2) is 36.4 Å². The number of benzene rings is 3. The molecule has 1 amide bonds. The van der Waals surface area contributed by atoms with E-state index in [4.69, 9.17) is 31.7 Å². The van der Waals surface area contributed by atoms with Gasteiger partial charge >= 0.3 is 5.97 Å². The van der Waals surface area contributed by atoms with Crippen molar-refractivity contribution >= 4 is 80.6 Å². The summed E-state index contributed by atoms with van der Waals surface area (Å²) in [6.45, 7) is 3.77. The first-order valence-electron chi connectivity index (χ1n) is 13.3. The summed E-state index contributed by atoms with van der Waals surface area (Å²) in [6.07, 6.45) is 1.54. The zero-order valence-corrected chi connectivity index (χ0v) is 28.8. The van der Waals surface area contributed by atoms with Crippen LogP contribution in [0.25, 0.3) is 0 Å². The van der Waals surface area contributed by atoms with Gasteiger partial charge in [0.25, 0.3) is 5.91 Å². The van der Waals surface area contributed by atoms with Crippen molar-refractivity contribution in [3.05, 3.63) is 101 Å². The molecular weight excluding hydrogens is 808 g/mol. The molecule has 226 valence electrons. The molecule has 0 bridgehead atoms. The minimum Gasteiger partial charge on any atom is -0.487 e. The van der Waals surface area contributed by atoms with Crippen LogP contribution in [0.2, 0.25) is 0 Å². The summed E-state index contributed by atoms with van der Waals surface area (Å²) in [5.41, 5.74) is 6.39. The zero-order valence-electron chi connectivity index (χ0n) is 23.6. The Kier molecular flexibility index (Phi) is 11.9. The molecule has 0 aliphatic carbocycles. The largest absolute Gasteiger partial charge is 0.487 e. The van der Waals surface area contributed by atoms with E-state index in [0.717, 1.165) is 24.0 Å². The average Bonchev–Trinajstić information content (AvgIpc) is 2.99. The van der Waals surface area contributed by atoms with Gasteiger partial charge in [0.05, 0.1) is 43.2 Å². The number of allylic oxidation sites excluding steroid dienone is 1. The lowest BCUT2D eigenvalue weighted by molar-refractivity contribution is -0.139. The third-order valence-electron chi connectivity index (χ3n) is 6.24. The van der Waals surface area contributed by atoms with Crippen LogP contribution in [0.3, 0.4) is 0 Å². The normalized spacial score (nSPS) is 14.3. The third kappa shape index (κ3) is 8.67. The molecule has 1 aliphatic rings. The summed E-state index contributed by atoms with van der Waals surface area (Å²) in [7, 11) is 0. The molecule has 3 aromatic rings. The van der Waals surface area contributed by atoms with Crippen molar-refractivity contribution in [2.75, 3.05) is 13.2 Å². The molecule has 0 saturated heterocycles. The number of esters is 1. The van der Waals surface area contributed by atoms with E-state index in [1.165, 1.54) is 0 Å². The van der Waals surface area contributed by atoms with Crippen molar-refractivity contribution in [2.24, 2.45) is 5.10 Å². The van der Waals surface area contributed by atoms with E-state index in [1.54, 1.807) is 50.4 Å². The maximum absolute atomic E-state index is 12.7. The number of hydrogen-bond acceptors (Lipinski definition) is 8. The highest BCUT2D eigenvalue weighted by atomic mass is 127. The van der Waals surface area contributed by atoms with Gasteiger partial charge in [-0.15, -0.1) is 0 Å². The molecule has 3 aromatic carbocycles. The molecule has 0 saturated carbocycles. The highest BCUT2D eigenvalue weighted by molar-refractivity contribution is 14.1. The number of ether oxygens (including phenoxy) is 3. The standard InChI is InChI=1S/C31H27I2N5O5S/c1-3-41-30(40)27-18(2)36-31(44)37-28(27)22-6-4-5-7-25(22)42-17-26(39)38-35-15-21-12-23(32)29(24(33)13-21)43-16-20-10-8-19(14-34)9-11-20/h4-13,15,28H,3,16-17H2,1-2H3,(H,38,39)(H2,36,37,44)/t28-/m0/s1. The zero-order chi connectivity index (χ0) is 31.6. The van der Waals surface area contributed by atoms with E-state index >= 15 is 0 Å². The molecule has 1 heterocycles. The first kappa shape index (κ1) is 33.1. The number of hydrazone groups is 1. The van der Waals surface area contributed by atoms with Gasteiger partial charge in [0, 0.05) is 11.3 Å². The molecule has 0 radical (unpaired) electrons. The fourth-order valence-electron chi connectivity index (χ4n) is 4.23. The summed E-state index contributed by atoms with van der Waals surface area (Å²) in [5, 5.41) is 19.5. The maximum Gasteiger partial charge on any atom is 0.338 e. The topological polar surface area (TPSA) is 134 Å². The van der Waals surface area contributed by atoms with Crippen molar-refractivity contribution in [3.63, 3.8) is 0 Å². The second-order valence-electron chi connectivity index (χ2n) is 9.32. The van der Waals surface area contributed by atoms with Crippen LogP contribution in [-0.2, 0) is 20.9 Å². The first-order valence-corrected chi connectivity index (χ1v) is 15.9. The fourth-order valence-corrected chi connectivity index (χ4v) is 6.63. The Bertz CT molecular complexity index is 1650. The van der Waals surface area contributed by atoms with Crippen LogP contribution in [0.4, 0.5) is 0 Å². The second-order valence-corrected chi connectivity index (χ2v) is 12.1. The smallest absolute Gasteiger partial charge is 0.338 e. The van der Waals surface area contributed by atoms with Crippen LogP contribution in [0.1, 0.15) is 42.1 Å². The van der Waals surface area contributed by atoms with Gasteiger partial charge in [0.2, 0.25) is 0 Å². The van der Waals surface area contributed by atoms with Crippen LogP contribution >= 0.6 is 57.4 Å². The Morgan fingerprint density at radius 3 is 2.50 bits per heavy atom. The van der Waals surface area contributed by atoms with Gasteiger partial charge in [0.1, 0.15) is 18.1 Å². The molecule has 10 nitrogen and oxygen atoms in total. The van der Waals surface area contributed by atoms with Gasteiger partial charge in [-0.3, -0.25) is 4.79 Å². The fraction of sp³-hybridized carbons (Fsp3) is 0.194.